The van der Waals surface area contributed by atoms with Gasteiger partial charge < -0.3 is 10.6 Å². The number of aromatic amines is 1. The van der Waals surface area contributed by atoms with Crippen LogP contribution in [0.1, 0.15) is 25.7 Å². The number of H-pyrrole nitrogens is 1. The third-order valence-corrected chi connectivity index (χ3v) is 7.82. The third kappa shape index (κ3) is 3.36. The molecule has 3 N–H and O–H groups in total. The summed E-state index contributed by atoms with van der Waals surface area (Å²) in [4.78, 5) is 11.3. The highest BCUT2D eigenvalue weighted by molar-refractivity contribution is 6.43. The number of aromatic nitrogens is 4. The van der Waals surface area contributed by atoms with Crippen LogP contribution in [-0.2, 0) is 0 Å². The van der Waals surface area contributed by atoms with Gasteiger partial charge in [0.2, 0.25) is 5.65 Å². The summed E-state index contributed by atoms with van der Waals surface area (Å²) in [5.41, 5.74) is 7.79. The maximum absolute atomic E-state index is 14.3. The van der Waals surface area contributed by atoms with Crippen LogP contribution in [0.5, 0.6) is 0 Å². The molecule has 2 aromatic heterocycles. The van der Waals surface area contributed by atoms with E-state index in [0.29, 0.717) is 70.6 Å². The van der Waals surface area contributed by atoms with Crippen LogP contribution in [0.3, 0.4) is 0 Å². The third-order valence-electron chi connectivity index (χ3n) is 7.00. The molecule has 1 aromatic carbocycles. The monoisotopic (exact) mass is 466 g/mol. The predicted molar refractivity (Wildman–Crippen MR) is 118 cm³/mol. The Bertz CT molecular complexity index is 1130. The predicted octanol–water partition coefficient (Wildman–Crippen LogP) is 4.92. The summed E-state index contributed by atoms with van der Waals surface area (Å²) in [6.45, 7) is 1.31. The van der Waals surface area contributed by atoms with Gasteiger partial charge in [0.15, 0.2) is 0 Å². The molecule has 164 valence electrons. The number of benzene rings is 1. The van der Waals surface area contributed by atoms with Crippen LogP contribution >= 0.6 is 23.2 Å². The second-order valence-corrected chi connectivity index (χ2v) is 9.28. The molecule has 31 heavy (non-hydrogen) atoms. The Labute approximate surface area is 188 Å². The Kier molecular flexibility index (Phi) is 5.07. The summed E-state index contributed by atoms with van der Waals surface area (Å²) in [5.74, 6) is -2.72. The molecule has 0 radical (unpaired) electrons. The average Bonchev–Trinajstić information content (AvgIpc) is 3.28. The van der Waals surface area contributed by atoms with Crippen molar-refractivity contribution in [3.05, 3.63) is 34.4 Å². The number of alkyl halides is 2. The summed E-state index contributed by atoms with van der Waals surface area (Å²) in [7, 11) is 0. The molecule has 1 aliphatic heterocycles. The van der Waals surface area contributed by atoms with Crippen molar-refractivity contribution in [3.8, 4) is 11.3 Å². The van der Waals surface area contributed by atoms with Gasteiger partial charge in [-0.15, -0.1) is 0 Å². The van der Waals surface area contributed by atoms with Crippen molar-refractivity contribution in [3.63, 3.8) is 0 Å². The summed E-state index contributed by atoms with van der Waals surface area (Å²) in [6.07, 6.45) is 3.51. The van der Waals surface area contributed by atoms with E-state index in [1.54, 1.807) is 12.3 Å². The fourth-order valence-electron chi connectivity index (χ4n) is 5.24. The first-order valence-corrected chi connectivity index (χ1v) is 11.1. The Balaban J connectivity index is 1.39. The fourth-order valence-corrected chi connectivity index (χ4v) is 5.63. The molecule has 2 aliphatic rings. The largest absolute Gasteiger partial charge is 0.355 e. The first-order chi connectivity index (χ1) is 14.8. The van der Waals surface area contributed by atoms with Crippen molar-refractivity contribution in [1.82, 2.24) is 20.2 Å². The average molecular weight is 467 g/mol. The minimum absolute atomic E-state index is 0.0286. The lowest BCUT2D eigenvalue weighted by atomic mass is 9.70. The number of hydrogen-bond acceptors (Lipinski definition) is 5. The molecule has 3 aromatic rings. The van der Waals surface area contributed by atoms with E-state index in [1.807, 2.05) is 12.1 Å². The fraction of sp³-hybridized carbons (Fsp3) is 0.476. The molecule has 1 spiro atoms. The summed E-state index contributed by atoms with van der Waals surface area (Å²) >= 11 is 12.5. The van der Waals surface area contributed by atoms with Crippen molar-refractivity contribution < 1.29 is 8.78 Å². The number of piperidine rings is 1. The summed E-state index contributed by atoms with van der Waals surface area (Å²) in [5, 5.41) is 8.12. The van der Waals surface area contributed by atoms with Crippen LogP contribution in [0, 0.1) is 11.3 Å². The molecule has 2 fully saturated rings. The van der Waals surface area contributed by atoms with Gasteiger partial charge >= 0.3 is 0 Å². The van der Waals surface area contributed by atoms with E-state index in [4.69, 9.17) is 28.9 Å². The lowest BCUT2D eigenvalue weighted by Crippen LogP contribution is -2.47. The van der Waals surface area contributed by atoms with E-state index in [0.717, 1.165) is 0 Å². The zero-order valence-corrected chi connectivity index (χ0v) is 18.2. The van der Waals surface area contributed by atoms with Crippen molar-refractivity contribution in [2.24, 2.45) is 17.1 Å². The second-order valence-electron chi connectivity index (χ2n) is 8.50. The molecule has 10 heteroatoms. The van der Waals surface area contributed by atoms with Crippen molar-refractivity contribution >= 4 is 40.2 Å². The van der Waals surface area contributed by atoms with Crippen LogP contribution in [0.4, 0.5) is 14.6 Å². The first kappa shape index (κ1) is 20.8. The van der Waals surface area contributed by atoms with Gasteiger partial charge in [-0.05, 0) is 30.7 Å². The van der Waals surface area contributed by atoms with Gasteiger partial charge in [0.25, 0.3) is 5.92 Å². The second kappa shape index (κ2) is 7.53. The Hall–Kier alpha value is -2.03. The highest BCUT2D eigenvalue weighted by Crippen LogP contribution is 2.56. The Morgan fingerprint density at radius 2 is 1.94 bits per heavy atom. The molecular weight excluding hydrogens is 445 g/mol. The van der Waals surface area contributed by atoms with Crippen LogP contribution in [0.15, 0.2) is 24.4 Å². The molecule has 1 aliphatic carbocycles. The number of nitrogens with zero attached hydrogens (tertiary/aromatic N) is 4. The number of hydrogen-bond donors (Lipinski definition) is 2. The number of nitrogens with two attached hydrogens (primary N) is 1. The van der Waals surface area contributed by atoms with Crippen molar-refractivity contribution in [2.75, 3.05) is 24.5 Å². The minimum atomic E-state index is -2.66. The molecule has 0 amide bonds. The number of rotatable bonds is 3. The summed E-state index contributed by atoms with van der Waals surface area (Å²) in [6, 6.07) is 5.36. The molecule has 1 atom stereocenters. The number of nitrogens with one attached hydrogen (secondary N) is 1. The van der Waals surface area contributed by atoms with Gasteiger partial charge in [-0.1, -0.05) is 35.3 Å². The zero-order chi connectivity index (χ0) is 21.8. The number of fused-ring (bicyclic) bond motifs is 1. The van der Waals surface area contributed by atoms with E-state index in [9.17, 15) is 8.78 Å². The molecule has 1 saturated heterocycles. The van der Waals surface area contributed by atoms with Crippen LogP contribution in [0.25, 0.3) is 22.4 Å². The van der Waals surface area contributed by atoms with Crippen LogP contribution in [0.2, 0.25) is 10.0 Å². The maximum Gasteiger partial charge on any atom is 0.252 e. The molecule has 1 saturated carbocycles. The molecule has 3 heterocycles. The van der Waals surface area contributed by atoms with Gasteiger partial charge in [0.1, 0.15) is 11.3 Å². The number of halogens is 4. The van der Waals surface area contributed by atoms with E-state index in [-0.39, 0.29) is 18.4 Å². The Morgan fingerprint density at radius 1 is 1.16 bits per heavy atom. The lowest BCUT2D eigenvalue weighted by Gasteiger charge is -2.43. The standard InChI is InChI=1S/C21H22Cl2F2N6/c22-13-3-1-2-12(16(13)23)17-18-19(30-29-17)28-15(11-27-18)31-8-6-20(7-9-31)4-5-21(24,25)14(20)10-26/h1-3,11,14H,4-10,26H2,(H,28,29,30). The minimum Gasteiger partial charge on any atom is -0.355 e. The summed E-state index contributed by atoms with van der Waals surface area (Å²) < 4.78 is 28.6. The Morgan fingerprint density at radius 3 is 2.68 bits per heavy atom. The smallest absolute Gasteiger partial charge is 0.252 e. The zero-order valence-electron chi connectivity index (χ0n) is 16.7. The van der Waals surface area contributed by atoms with Crippen molar-refractivity contribution in [1.29, 1.82) is 0 Å². The quantitative estimate of drug-likeness (QED) is 0.572. The van der Waals surface area contributed by atoms with Gasteiger partial charge in [-0.3, -0.25) is 5.10 Å². The molecule has 6 nitrogen and oxygen atoms in total. The van der Waals surface area contributed by atoms with Crippen LogP contribution < -0.4 is 10.6 Å². The van der Waals surface area contributed by atoms with Gasteiger partial charge in [-0.2, -0.15) is 5.10 Å². The van der Waals surface area contributed by atoms with Gasteiger partial charge in [-0.25, -0.2) is 18.7 Å². The normalized spacial score (nSPS) is 22.5. The molecule has 0 bridgehead atoms. The molecule has 5 rings (SSSR count). The van der Waals surface area contributed by atoms with Gasteiger partial charge in [0, 0.05) is 37.5 Å². The first-order valence-electron chi connectivity index (χ1n) is 10.3. The van der Waals surface area contributed by atoms with Gasteiger partial charge in [0.05, 0.1) is 21.9 Å². The maximum atomic E-state index is 14.3. The topological polar surface area (TPSA) is 83.7 Å². The SMILES string of the molecule is NCC1C(F)(F)CCC12CCN(c1cnc3c(-c4cccc(Cl)c4Cl)[nH]nc3n1)CC2. The molecular formula is C21H22Cl2F2N6. The highest BCUT2D eigenvalue weighted by atomic mass is 35.5. The lowest BCUT2D eigenvalue weighted by molar-refractivity contribution is -0.0639. The highest BCUT2D eigenvalue weighted by Gasteiger charge is 2.58. The van der Waals surface area contributed by atoms with E-state index in [1.165, 1.54) is 0 Å². The van der Waals surface area contributed by atoms with E-state index < -0.39 is 11.8 Å². The molecule has 1 unspecified atom stereocenters. The van der Waals surface area contributed by atoms with E-state index >= 15 is 0 Å². The number of anilines is 1. The van der Waals surface area contributed by atoms with E-state index in [2.05, 4.69) is 25.1 Å². The van der Waals surface area contributed by atoms with Crippen LogP contribution in [-0.4, -0.2) is 45.7 Å². The van der Waals surface area contributed by atoms with Crippen molar-refractivity contribution in [2.45, 2.75) is 31.6 Å².